The van der Waals surface area contributed by atoms with Gasteiger partial charge in [-0.25, -0.2) is 0 Å². The Hall–Kier alpha value is -2.90. The van der Waals surface area contributed by atoms with Crippen molar-refractivity contribution < 1.29 is 19.2 Å². The molecule has 1 aliphatic rings. The number of nitrogens with zero attached hydrogens (tertiary/aromatic N) is 2. The van der Waals surface area contributed by atoms with Gasteiger partial charge in [0, 0.05) is 26.2 Å². The highest BCUT2D eigenvalue weighted by Gasteiger charge is 2.41. The molecule has 1 atom stereocenters. The van der Waals surface area contributed by atoms with Crippen molar-refractivity contribution in [2.45, 2.75) is 19.5 Å². The van der Waals surface area contributed by atoms with Crippen molar-refractivity contribution in [1.82, 2.24) is 15.1 Å². The molecule has 7 nitrogen and oxygen atoms in total. The summed E-state index contributed by atoms with van der Waals surface area (Å²) in [5.41, 5.74) is 1.55. The number of fused-ring (bicyclic) bond motifs is 1. The molecule has 3 rings (SSSR count). The van der Waals surface area contributed by atoms with Crippen LogP contribution in [0, 0.1) is 0 Å². The lowest BCUT2D eigenvalue weighted by Gasteiger charge is -2.21. The fraction of sp³-hybridized carbons (Fsp3) is 0.238. The van der Waals surface area contributed by atoms with Crippen LogP contribution < -0.4 is 5.32 Å². The summed E-state index contributed by atoms with van der Waals surface area (Å²) in [5, 5.41) is 3.02. The third-order valence-electron chi connectivity index (χ3n) is 4.80. The van der Waals surface area contributed by atoms with Crippen molar-refractivity contribution >= 4 is 46.8 Å². The van der Waals surface area contributed by atoms with E-state index in [0.29, 0.717) is 5.56 Å². The van der Waals surface area contributed by atoms with Crippen molar-refractivity contribution in [3.63, 3.8) is 0 Å². The minimum Gasteiger partial charge on any atom is -0.350 e. The Morgan fingerprint density at radius 3 is 1.97 bits per heavy atom. The maximum Gasteiger partial charge on any atom is 0.262 e. The Balaban J connectivity index is 1.67. The lowest BCUT2D eigenvalue weighted by atomic mass is 10.1. The van der Waals surface area contributed by atoms with Crippen LogP contribution in [0.1, 0.15) is 43.6 Å². The van der Waals surface area contributed by atoms with Crippen molar-refractivity contribution in [1.29, 1.82) is 0 Å². The summed E-state index contributed by atoms with van der Waals surface area (Å²) in [4.78, 5) is 52.1. The van der Waals surface area contributed by atoms with E-state index in [1.807, 2.05) is 0 Å². The first-order valence-corrected chi connectivity index (χ1v) is 9.82. The zero-order valence-corrected chi connectivity index (χ0v) is 18.0. The van der Waals surface area contributed by atoms with Crippen molar-refractivity contribution in [3.05, 3.63) is 68.7 Å². The van der Waals surface area contributed by atoms with E-state index in [1.165, 1.54) is 24.0 Å². The number of carbonyl (C=O) groups is 4. The summed E-state index contributed by atoms with van der Waals surface area (Å²) in [6.07, 6.45) is 0. The first-order valence-electron chi connectivity index (χ1n) is 9.07. The van der Waals surface area contributed by atoms with Crippen LogP contribution in [0.5, 0.6) is 0 Å². The standard InChI is InChI=1S/C21H19Cl2N3O4/c1-11(26-20(29)14-8-16(22)17(23)9-15(14)21(26)30)18(27)24-10-12-4-6-13(7-5-12)19(28)25(2)3/h4-9,11H,10H2,1-3H3,(H,24,27). The number of imide groups is 1. The molecular weight excluding hydrogens is 429 g/mol. The summed E-state index contributed by atoms with van der Waals surface area (Å²) < 4.78 is 0. The van der Waals surface area contributed by atoms with E-state index in [2.05, 4.69) is 5.32 Å². The normalized spacial score (nSPS) is 13.8. The fourth-order valence-electron chi connectivity index (χ4n) is 3.08. The zero-order chi connectivity index (χ0) is 22.2. The summed E-state index contributed by atoms with van der Waals surface area (Å²) >= 11 is 11.9. The van der Waals surface area contributed by atoms with Crippen LogP contribution in [0.4, 0.5) is 0 Å². The van der Waals surface area contributed by atoms with Gasteiger partial charge >= 0.3 is 0 Å². The van der Waals surface area contributed by atoms with Crippen molar-refractivity contribution in [2.75, 3.05) is 14.1 Å². The van der Waals surface area contributed by atoms with Gasteiger partial charge in [0.1, 0.15) is 6.04 Å². The van der Waals surface area contributed by atoms with E-state index in [0.717, 1.165) is 10.5 Å². The van der Waals surface area contributed by atoms with Crippen molar-refractivity contribution in [3.8, 4) is 0 Å². The molecule has 0 aromatic heterocycles. The van der Waals surface area contributed by atoms with E-state index in [1.54, 1.807) is 38.4 Å². The predicted molar refractivity (Wildman–Crippen MR) is 113 cm³/mol. The average Bonchev–Trinajstić information content (AvgIpc) is 2.95. The predicted octanol–water partition coefficient (Wildman–Crippen LogP) is 3.00. The molecule has 0 fully saturated rings. The van der Waals surface area contributed by atoms with Gasteiger partial charge in [-0.05, 0) is 36.8 Å². The van der Waals surface area contributed by atoms with E-state index >= 15 is 0 Å². The van der Waals surface area contributed by atoms with Gasteiger partial charge in [0.2, 0.25) is 5.91 Å². The highest BCUT2D eigenvalue weighted by molar-refractivity contribution is 6.43. The second kappa shape index (κ2) is 8.45. The summed E-state index contributed by atoms with van der Waals surface area (Å²) in [6.45, 7) is 1.65. The smallest absolute Gasteiger partial charge is 0.262 e. The topological polar surface area (TPSA) is 86.8 Å². The number of halogens is 2. The Labute approximate surface area is 183 Å². The number of benzene rings is 2. The summed E-state index contributed by atoms with van der Waals surface area (Å²) in [5.74, 6) is -1.80. The van der Waals surface area contributed by atoms with Crippen LogP contribution in [0.3, 0.4) is 0 Å². The second-order valence-corrected chi connectivity index (χ2v) is 7.90. The Kier molecular flexibility index (Phi) is 6.14. The lowest BCUT2D eigenvalue weighted by molar-refractivity contribution is -0.124. The first-order chi connectivity index (χ1) is 14.1. The zero-order valence-electron chi connectivity index (χ0n) is 16.5. The molecule has 2 aromatic rings. The summed E-state index contributed by atoms with van der Waals surface area (Å²) in [7, 11) is 3.33. The minimum absolute atomic E-state index is 0.120. The van der Waals surface area contributed by atoms with Gasteiger partial charge in [-0.1, -0.05) is 35.3 Å². The highest BCUT2D eigenvalue weighted by Crippen LogP contribution is 2.32. The van der Waals surface area contributed by atoms with Gasteiger partial charge in [-0.15, -0.1) is 0 Å². The highest BCUT2D eigenvalue weighted by atomic mass is 35.5. The van der Waals surface area contributed by atoms with E-state index in [9.17, 15) is 19.2 Å². The van der Waals surface area contributed by atoms with Gasteiger partial charge in [-0.2, -0.15) is 0 Å². The van der Waals surface area contributed by atoms with Crippen LogP contribution >= 0.6 is 23.2 Å². The summed E-state index contributed by atoms with van der Waals surface area (Å²) in [6, 6.07) is 8.45. The van der Waals surface area contributed by atoms with E-state index in [4.69, 9.17) is 23.2 Å². The van der Waals surface area contributed by atoms with Gasteiger partial charge in [0.25, 0.3) is 17.7 Å². The molecule has 0 radical (unpaired) electrons. The molecule has 1 heterocycles. The molecular formula is C21H19Cl2N3O4. The maximum atomic E-state index is 12.6. The van der Waals surface area contributed by atoms with Gasteiger partial charge < -0.3 is 10.2 Å². The van der Waals surface area contributed by atoms with Crippen LogP contribution in [-0.4, -0.2) is 53.6 Å². The van der Waals surface area contributed by atoms with E-state index in [-0.39, 0.29) is 33.6 Å². The molecule has 1 N–H and O–H groups in total. The maximum absolute atomic E-state index is 12.6. The van der Waals surface area contributed by atoms with Crippen LogP contribution in [0.25, 0.3) is 0 Å². The molecule has 4 amide bonds. The van der Waals surface area contributed by atoms with Crippen LogP contribution in [0.2, 0.25) is 10.0 Å². The number of hydrogen-bond acceptors (Lipinski definition) is 4. The molecule has 2 aromatic carbocycles. The second-order valence-electron chi connectivity index (χ2n) is 7.08. The molecule has 1 aliphatic heterocycles. The number of rotatable bonds is 5. The quantitative estimate of drug-likeness (QED) is 0.713. The molecule has 0 bridgehead atoms. The lowest BCUT2D eigenvalue weighted by Crippen LogP contribution is -2.47. The Morgan fingerprint density at radius 1 is 1.00 bits per heavy atom. The number of nitrogens with one attached hydrogen (secondary N) is 1. The van der Waals surface area contributed by atoms with E-state index < -0.39 is 23.8 Å². The molecule has 9 heteroatoms. The Bertz CT molecular complexity index is 1010. The van der Waals surface area contributed by atoms with Crippen LogP contribution in [0.15, 0.2) is 36.4 Å². The molecule has 0 aliphatic carbocycles. The molecule has 156 valence electrons. The Morgan fingerprint density at radius 2 is 1.50 bits per heavy atom. The first kappa shape index (κ1) is 21.8. The van der Waals surface area contributed by atoms with Gasteiger partial charge in [0.15, 0.2) is 0 Å². The molecule has 0 spiro atoms. The van der Waals surface area contributed by atoms with Gasteiger partial charge in [-0.3, -0.25) is 24.1 Å². The van der Waals surface area contributed by atoms with Gasteiger partial charge in [0.05, 0.1) is 21.2 Å². The fourth-order valence-corrected chi connectivity index (χ4v) is 3.41. The minimum atomic E-state index is -1.02. The molecule has 0 saturated heterocycles. The number of carbonyl (C=O) groups excluding carboxylic acids is 4. The largest absolute Gasteiger partial charge is 0.350 e. The number of amides is 4. The molecule has 0 saturated carbocycles. The molecule has 30 heavy (non-hydrogen) atoms. The molecule has 1 unspecified atom stereocenters. The number of hydrogen-bond donors (Lipinski definition) is 1. The monoisotopic (exact) mass is 447 g/mol. The third kappa shape index (κ3) is 4.04. The SMILES string of the molecule is CC(C(=O)NCc1ccc(C(=O)N(C)C)cc1)N1C(=O)c2cc(Cl)c(Cl)cc2C1=O. The van der Waals surface area contributed by atoms with Crippen LogP contribution in [-0.2, 0) is 11.3 Å². The third-order valence-corrected chi connectivity index (χ3v) is 5.52. The average molecular weight is 448 g/mol. The van der Waals surface area contributed by atoms with Crippen molar-refractivity contribution in [2.24, 2.45) is 0 Å².